The summed E-state index contributed by atoms with van der Waals surface area (Å²) in [6.45, 7) is 0.949. The molecule has 1 amide bonds. The Labute approximate surface area is 154 Å². The molecular weight excluding hydrogens is 382 g/mol. The van der Waals surface area contributed by atoms with Crippen LogP contribution in [0, 0.1) is 11.3 Å². The molecule has 1 aliphatic heterocycles. The van der Waals surface area contributed by atoms with Gasteiger partial charge in [-0.25, -0.2) is 4.98 Å². The van der Waals surface area contributed by atoms with Gasteiger partial charge in [-0.2, -0.15) is 5.26 Å². The topological polar surface area (TPSA) is 75.0 Å². The Bertz CT molecular complexity index is 837. The monoisotopic (exact) mass is 397 g/mol. The van der Waals surface area contributed by atoms with Crippen LogP contribution >= 0.6 is 15.9 Å². The summed E-state index contributed by atoms with van der Waals surface area (Å²) in [6.07, 6.45) is 2.14. The fourth-order valence-corrected chi connectivity index (χ4v) is 3.16. The lowest BCUT2D eigenvalue weighted by Crippen LogP contribution is -2.46. The molecule has 0 spiro atoms. The molecule has 0 bridgehead atoms. The van der Waals surface area contributed by atoms with Gasteiger partial charge in [0, 0.05) is 13.0 Å². The van der Waals surface area contributed by atoms with E-state index in [4.69, 9.17) is 4.74 Å². The molecule has 126 valence electrons. The Hall–Kier alpha value is -2.49. The lowest BCUT2D eigenvalue weighted by atomic mass is 9.88. The molecule has 0 aliphatic carbocycles. The van der Waals surface area contributed by atoms with E-state index >= 15 is 0 Å². The zero-order chi connectivity index (χ0) is 17.7. The first-order valence-electron chi connectivity index (χ1n) is 7.83. The smallest absolute Gasteiger partial charge is 0.262 e. The van der Waals surface area contributed by atoms with Gasteiger partial charge < -0.3 is 10.1 Å². The minimum atomic E-state index is -0.612. The number of amides is 1. The summed E-state index contributed by atoms with van der Waals surface area (Å²) in [5, 5.41) is 12.4. The number of nitrogens with zero attached hydrogens (tertiary/aromatic N) is 2. The summed E-state index contributed by atoms with van der Waals surface area (Å²) in [5.74, 6) is -0.432. The predicted octanol–water partition coefficient (Wildman–Crippen LogP) is 3.18. The highest BCUT2D eigenvalue weighted by Gasteiger charge is 2.38. The van der Waals surface area contributed by atoms with Crippen LogP contribution in [0.15, 0.2) is 58.7 Å². The van der Waals surface area contributed by atoms with E-state index in [1.165, 1.54) is 6.08 Å². The highest BCUT2D eigenvalue weighted by molar-refractivity contribution is 9.10. The maximum atomic E-state index is 12.7. The number of halogens is 1. The second-order valence-corrected chi connectivity index (χ2v) is 6.57. The van der Waals surface area contributed by atoms with E-state index in [0.717, 1.165) is 5.56 Å². The third-order valence-corrected chi connectivity index (χ3v) is 4.54. The molecule has 0 saturated carbocycles. The van der Waals surface area contributed by atoms with Crippen LogP contribution in [0.4, 0.5) is 0 Å². The molecule has 5 nitrogen and oxygen atoms in total. The van der Waals surface area contributed by atoms with Crippen molar-refractivity contribution in [3.63, 3.8) is 0 Å². The number of hydrogen-bond acceptors (Lipinski definition) is 4. The Morgan fingerprint density at radius 1 is 1.28 bits per heavy atom. The second kappa shape index (κ2) is 7.60. The van der Waals surface area contributed by atoms with Crippen LogP contribution in [0.3, 0.4) is 0 Å². The summed E-state index contributed by atoms with van der Waals surface area (Å²) in [6, 6.07) is 17.0. The molecular formula is C19H16BrN3O2. The van der Waals surface area contributed by atoms with Crippen molar-refractivity contribution >= 4 is 27.9 Å². The minimum Gasteiger partial charge on any atom is -0.379 e. The van der Waals surface area contributed by atoms with Gasteiger partial charge in [-0.3, -0.25) is 4.79 Å². The van der Waals surface area contributed by atoms with E-state index in [-0.39, 0.29) is 5.57 Å². The standard InChI is InChI=1S/C19H16BrN3O2/c20-17-8-4-7-16(22-17)11-14(12-21)18(24)23-19(9-10-25-13-19)15-5-2-1-3-6-15/h1-8,11H,9-10,13H2,(H,23,24)/b14-11+. The van der Waals surface area contributed by atoms with Crippen LogP contribution in [0.2, 0.25) is 0 Å². The van der Waals surface area contributed by atoms with Crippen LogP contribution in [0.1, 0.15) is 17.7 Å². The van der Waals surface area contributed by atoms with Crippen LogP contribution in [-0.2, 0) is 15.1 Å². The van der Waals surface area contributed by atoms with Gasteiger partial charge >= 0.3 is 0 Å². The van der Waals surface area contributed by atoms with E-state index in [1.54, 1.807) is 18.2 Å². The summed E-state index contributed by atoms with van der Waals surface area (Å²) in [5.41, 5.74) is 0.906. The van der Waals surface area contributed by atoms with Crippen LogP contribution in [-0.4, -0.2) is 24.1 Å². The number of rotatable bonds is 4. The molecule has 1 fully saturated rings. The number of hydrogen-bond donors (Lipinski definition) is 1. The van der Waals surface area contributed by atoms with Gasteiger partial charge in [-0.15, -0.1) is 0 Å². The fraction of sp³-hybridized carbons (Fsp3) is 0.211. The normalized spacial score (nSPS) is 20.1. The van der Waals surface area contributed by atoms with Crippen molar-refractivity contribution in [1.29, 1.82) is 5.26 Å². The van der Waals surface area contributed by atoms with Gasteiger partial charge in [0.25, 0.3) is 5.91 Å². The van der Waals surface area contributed by atoms with Crippen molar-refractivity contribution in [2.24, 2.45) is 0 Å². The van der Waals surface area contributed by atoms with E-state index in [1.807, 2.05) is 36.4 Å². The average molecular weight is 398 g/mol. The largest absolute Gasteiger partial charge is 0.379 e. The molecule has 1 N–H and O–H groups in total. The van der Waals surface area contributed by atoms with Crippen molar-refractivity contribution in [3.05, 3.63) is 70.0 Å². The zero-order valence-electron chi connectivity index (χ0n) is 13.4. The number of carbonyl (C=O) groups excluding carboxylic acids is 1. The van der Waals surface area contributed by atoms with Gasteiger partial charge in [0.1, 0.15) is 16.2 Å². The van der Waals surface area contributed by atoms with E-state index in [9.17, 15) is 10.1 Å². The molecule has 1 aromatic heterocycles. The van der Waals surface area contributed by atoms with Gasteiger partial charge in [-0.05, 0) is 39.7 Å². The zero-order valence-corrected chi connectivity index (χ0v) is 15.0. The first kappa shape index (κ1) is 17.3. The molecule has 1 saturated heterocycles. The molecule has 2 heterocycles. The van der Waals surface area contributed by atoms with Gasteiger partial charge in [0.05, 0.1) is 17.8 Å². The first-order chi connectivity index (χ1) is 12.1. The maximum absolute atomic E-state index is 12.7. The third-order valence-electron chi connectivity index (χ3n) is 4.09. The van der Waals surface area contributed by atoms with Crippen LogP contribution < -0.4 is 5.32 Å². The molecule has 1 aromatic carbocycles. The van der Waals surface area contributed by atoms with Crippen LogP contribution in [0.5, 0.6) is 0 Å². The Kier molecular flexibility index (Phi) is 5.27. The second-order valence-electron chi connectivity index (χ2n) is 5.76. The van der Waals surface area contributed by atoms with Crippen LogP contribution in [0.25, 0.3) is 6.08 Å². The van der Waals surface area contributed by atoms with Gasteiger partial charge in [-0.1, -0.05) is 36.4 Å². The minimum absolute atomic E-state index is 0.00723. The third kappa shape index (κ3) is 3.95. The Morgan fingerprint density at radius 3 is 2.72 bits per heavy atom. The number of nitrogens with one attached hydrogen (secondary N) is 1. The van der Waals surface area contributed by atoms with Crippen molar-refractivity contribution in [2.45, 2.75) is 12.0 Å². The number of aromatic nitrogens is 1. The summed E-state index contributed by atoms with van der Waals surface area (Å²) in [7, 11) is 0. The lowest BCUT2D eigenvalue weighted by molar-refractivity contribution is -0.119. The molecule has 0 radical (unpaired) electrons. The molecule has 3 rings (SSSR count). The fourth-order valence-electron chi connectivity index (χ4n) is 2.81. The first-order valence-corrected chi connectivity index (χ1v) is 8.62. The molecule has 25 heavy (non-hydrogen) atoms. The molecule has 1 aliphatic rings. The van der Waals surface area contributed by atoms with Crippen molar-refractivity contribution in [1.82, 2.24) is 10.3 Å². The molecule has 1 unspecified atom stereocenters. The quantitative estimate of drug-likeness (QED) is 0.488. The highest BCUT2D eigenvalue weighted by atomic mass is 79.9. The summed E-state index contributed by atoms with van der Waals surface area (Å²) < 4.78 is 6.17. The maximum Gasteiger partial charge on any atom is 0.262 e. The Morgan fingerprint density at radius 2 is 2.08 bits per heavy atom. The molecule has 1 atom stereocenters. The summed E-state index contributed by atoms with van der Waals surface area (Å²) >= 11 is 3.28. The highest BCUT2D eigenvalue weighted by Crippen LogP contribution is 2.30. The number of benzene rings is 1. The lowest BCUT2D eigenvalue weighted by Gasteiger charge is -2.29. The molecule has 6 heteroatoms. The summed E-state index contributed by atoms with van der Waals surface area (Å²) in [4.78, 5) is 16.9. The SMILES string of the molecule is N#C/C(=C\c1cccc(Br)n1)C(=O)NC1(c2ccccc2)CCOC1. The average Bonchev–Trinajstić information content (AvgIpc) is 3.10. The number of pyridine rings is 1. The predicted molar refractivity (Wildman–Crippen MR) is 97.2 cm³/mol. The van der Waals surface area contributed by atoms with Crippen molar-refractivity contribution in [2.75, 3.05) is 13.2 Å². The Balaban J connectivity index is 1.87. The van der Waals surface area contributed by atoms with Crippen molar-refractivity contribution < 1.29 is 9.53 Å². The van der Waals surface area contributed by atoms with E-state index in [2.05, 4.69) is 26.2 Å². The van der Waals surface area contributed by atoms with Gasteiger partial charge in [0.2, 0.25) is 0 Å². The van der Waals surface area contributed by atoms with E-state index in [0.29, 0.717) is 29.9 Å². The number of carbonyl (C=O) groups is 1. The van der Waals surface area contributed by atoms with Gasteiger partial charge in [0.15, 0.2) is 0 Å². The molecule has 2 aromatic rings. The number of nitriles is 1. The van der Waals surface area contributed by atoms with Crippen molar-refractivity contribution in [3.8, 4) is 6.07 Å². The van der Waals surface area contributed by atoms with E-state index < -0.39 is 11.4 Å². The number of ether oxygens (including phenoxy) is 1.